The molecule has 0 spiro atoms. The summed E-state index contributed by atoms with van der Waals surface area (Å²) in [6.07, 6.45) is 1.70. The molecule has 2 rings (SSSR count). The quantitative estimate of drug-likeness (QED) is 0.837. The van der Waals surface area contributed by atoms with Crippen molar-refractivity contribution in [3.63, 3.8) is 0 Å². The first-order chi connectivity index (χ1) is 8.15. The highest BCUT2D eigenvalue weighted by Crippen LogP contribution is 2.11. The first-order valence-electron chi connectivity index (χ1n) is 5.40. The Bertz CT molecular complexity index is 524. The molecule has 0 amide bonds. The number of nitrogen functional groups attached to an aromatic ring is 1. The number of rotatable bonds is 3. The fourth-order valence-corrected chi connectivity index (χ4v) is 1.51. The number of nitrogens with one attached hydrogen (secondary N) is 1. The van der Waals surface area contributed by atoms with Crippen molar-refractivity contribution in [1.82, 2.24) is 15.0 Å². The van der Waals surface area contributed by atoms with Gasteiger partial charge < -0.3 is 11.1 Å². The molecule has 0 aromatic carbocycles. The van der Waals surface area contributed by atoms with Crippen molar-refractivity contribution in [3.8, 4) is 0 Å². The minimum absolute atomic E-state index is 0.273. The van der Waals surface area contributed by atoms with Gasteiger partial charge in [-0.3, -0.25) is 4.98 Å². The van der Waals surface area contributed by atoms with Crippen LogP contribution in [0.15, 0.2) is 24.4 Å². The molecule has 17 heavy (non-hydrogen) atoms. The molecule has 0 atom stereocenters. The summed E-state index contributed by atoms with van der Waals surface area (Å²) in [7, 11) is 0. The van der Waals surface area contributed by atoms with Gasteiger partial charge in [-0.2, -0.15) is 4.98 Å². The molecule has 88 valence electrons. The second kappa shape index (κ2) is 4.78. The first kappa shape index (κ1) is 11.3. The van der Waals surface area contributed by atoms with Crippen LogP contribution in [-0.2, 0) is 6.54 Å². The van der Waals surface area contributed by atoms with Crippen LogP contribution in [0.4, 0.5) is 11.8 Å². The molecule has 0 fully saturated rings. The molecule has 0 aliphatic heterocycles. The van der Waals surface area contributed by atoms with Crippen LogP contribution in [0.5, 0.6) is 0 Å². The average Bonchev–Trinajstić information content (AvgIpc) is 2.30. The lowest BCUT2D eigenvalue weighted by atomic mass is 10.3. The van der Waals surface area contributed by atoms with Crippen molar-refractivity contribution in [2.24, 2.45) is 0 Å². The van der Waals surface area contributed by atoms with Crippen LogP contribution < -0.4 is 11.1 Å². The minimum Gasteiger partial charge on any atom is -0.368 e. The Balaban J connectivity index is 2.09. The summed E-state index contributed by atoms with van der Waals surface area (Å²) in [4.78, 5) is 12.5. The molecule has 5 nitrogen and oxygen atoms in total. The first-order valence-corrected chi connectivity index (χ1v) is 5.40. The fraction of sp³-hybridized carbons (Fsp3) is 0.250. The number of aryl methyl sites for hydroxylation is 2. The van der Waals surface area contributed by atoms with Crippen LogP contribution in [0.25, 0.3) is 0 Å². The van der Waals surface area contributed by atoms with E-state index in [0.29, 0.717) is 6.54 Å². The summed E-state index contributed by atoms with van der Waals surface area (Å²) in [5.74, 6) is 1.02. The van der Waals surface area contributed by atoms with Gasteiger partial charge in [0, 0.05) is 17.5 Å². The number of aromatic nitrogens is 3. The SMILES string of the molecule is Cc1cccc(CNc2nc(N)ncc2C)n1. The van der Waals surface area contributed by atoms with E-state index in [9.17, 15) is 0 Å². The highest BCUT2D eigenvalue weighted by Gasteiger charge is 2.02. The maximum Gasteiger partial charge on any atom is 0.221 e. The van der Waals surface area contributed by atoms with Gasteiger partial charge in [0.1, 0.15) is 5.82 Å². The van der Waals surface area contributed by atoms with Crippen LogP contribution in [0, 0.1) is 13.8 Å². The lowest BCUT2D eigenvalue weighted by Crippen LogP contribution is -2.07. The zero-order chi connectivity index (χ0) is 12.3. The van der Waals surface area contributed by atoms with E-state index < -0.39 is 0 Å². The number of anilines is 2. The van der Waals surface area contributed by atoms with E-state index in [1.807, 2.05) is 32.0 Å². The van der Waals surface area contributed by atoms with Crippen molar-refractivity contribution in [2.45, 2.75) is 20.4 Å². The third kappa shape index (κ3) is 2.90. The standard InChI is InChI=1S/C12H15N5/c1-8-6-15-12(13)17-11(8)14-7-10-5-3-4-9(2)16-10/h3-6H,7H2,1-2H3,(H3,13,14,15,17). The van der Waals surface area contributed by atoms with E-state index in [1.54, 1.807) is 6.20 Å². The number of hydrogen-bond donors (Lipinski definition) is 2. The third-order valence-electron chi connectivity index (χ3n) is 2.37. The zero-order valence-corrected chi connectivity index (χ0v) is 9.94. The lowest BCUT2D eigenvalue weighted by Gasteiger charge is -2.08. The van der Waals surface area contributed by atoms with Crippen LogP contribution in [0.2, 0.25) is 0 Å². The Hall–Kier alpha value is -2.17. The summed E-state index contributed by atoms with van der Waals surface area (Å²) >= 11 is 0. The van der Waals surface area contributed by atoms with E-state index in [4.69, 9.17) is 5.73 Å². The topological polar surface area (TPSA) is 76.7 Å². The van der Waals surface area contributed by atoms with Gasteiger partial charge in [0.2, 0.25) is 5.95 Å². The predicted molar refractivity (Wildman–Crippen MR) is 67.5 cm³/mol. The molecule has 0 aliphatic rings. The molecule has 0 saturated carbocycles. The van der Waals surface area contributed by atoms with E-state index in [1.165, 1.54) is 0 Å². The molecule has 2 aromatic heterocycles. The highest BCUT2D eigenvalue weighted by molar-refractivity contribution is 5.45. The Labute approximate surface area is 100 Å². The van der Waals surface area contributed by atoms with Crippen molar-refractivity contribution in [1.29, 1.82) is 0 Å². The second-order valence-electron chi connectivity index (χ2n) is 3.88. The van der Waals surface area contributed by atoms with Gasteiger partial charge in [0.25, 0.3) is 0 Å². The second-order valence-corrected chi connectivity index (χ2v) is 3.88. The van der Waals surface area contributed by atoms with Gasteiger partial charge in [-0.15, -0.1) is 0 Å². The highest BCUT2D eigenvalue weighted by atomic mass is 15.1. The Morgan fingerprint density at radius 1 is 1.24 bits per heavy atom. The maximum absolute atomic E-state index is 5.54. The molecule has 0 bridgehead atoms. The molecule has 5 heteroatoms. The van der Waals surface area contributed by atoms with Gasteiger partial charge in [0.15, 0.2) is 0 Å². The fourth-order valence-electron chi connectivity index (χ4n) is 1.51. The van der Waals surface area contributed by atoms with Gasteiger partial charge in [-0.1, -0.05) is 6.07 Å². The minimum atomic E-state index is 0.273. The normalized spacial score (nSPS) is 10.2. The molecular weight excluding hydrogens is 214 g/mol. The summed E-state index contributed by atoms with van der Waals surface area (Å²) in [5, 5.41) is 3.20. The number of pyridine rings is 1. The average molecular weight is 229 g/mol. The smallest absolute Gasteiger partial charge is 0.221 e. The molecule has 2 heterocycles. The van der Waals surface area contributed by atoms with Crippen molar-refractivity contribution in [3.05, 3.63) is 41.3 Å². The Kier molecular flexibility index (Phi) is 3.18. The largest absolute Gasteiger partial charge is 0.368 e. The Morgan fingerprint density at radius 3 is 2.82 bits per heavy atom. The molecule has 3 N–H and O–H groups in total. The molecular formula is C12H15N5. The number of hydrogen-bond acceptors (Lipinski definition) is 5. The summed E-state index contributed by atoms with van der Waals surface area (Å²) in [6, 6.07) is 5.93. The molecule has 0 unspecified atom stereocenters. The van der Waals surface area contributed by atoms with Crippen LogP contribution >= 0.6 is 0 Å². The lowest BCUT2D eigenvalue weighted by molar-refractivity contribution is 0.993. The maximum atomic E-state index is 5.54. The number of nitrogens with zero attached hydrogens (tertiary/aromatic N) is 3. The van der Waals surface area contributed by atoms with Gasteiger partial charge in [-0.25, -0.2) is 4.98 Å². The molecule has 2 aromatic rings. The van der Waals surface area contributed by atoms with E-state index in [2.05, 4.69) is 20.3 Å². The predicted octanol–water partition coefficient (Wildman–Crippen LogP) is 1.68. The van der Waals surface area contributed by atoms with Crippen LogP contribution in [0.3, 0.4) is 0 Å². The van der Waals surface area contributed by atoms with Crippen LogP contribution in [0.1, 0.15) is 17.0 Å². The summed E-state index contributed by atoms with van der Waals surface area (Å²) in [5.41, 5.74) is 8.48. The third-order valence-corrected chi connectivity index (χ3v) is 2.37. The van der Waals surface area contributed by atoms with Crippen molar-refractivity contribution < 1.29 is 0 Å². The summed E-state index contributed by atoms with van der Waals surface area (Å²) in [6.45, 7) is 4.53. The van der Waals surface area contributed by atoms with Crippen molar-refractivity contribution >= 4 is 11.8 Å². The van der Waals surface area contributed by atoms with Gasteiger partial charge >= 0.3 is 0 Å². The van der Waals surface area contributed by atoms with E-state index >= 15 is 0 Å². The van der Waals surface area contributed by atoms with Crippen LogP contribution in [-0.4, -0.2) is 15.0 Å². The van der Waals surface area contributed by atoms with Crippen molar-refractivity contribution in [2.75, 3.05) is 11.1 Å². The van der Waals surface area contributed by atoms with E-state index in [-0.39, 0.29) is 5.95 Å². The molecule has 0 saturated heterocycles. The van der Waals surface area contributed by atoms with Gasteiger partial charge in [-0.05, 0) is 26.0 Å². The monoisotopic (exact) mass is 229 g/mol. The molecule has 0 radical (unpaired) electrons. The Morgan fingerprint density at radius 2 is 2.06 bits per heavy atom. The number of nitrogens with two attached hydrogens (primary N) is 1. The van der Waals surface area contributed by atoms with Gasteiger partial charge in [0.05, 0.1) is 12.2 Å². The molecule has 0 aliphatic carbocycles. The zero-order valence-electron chi connectivity index (χ0n) is 9.94. The van der Waals surface area contributed by atoms with E-state index in [0.717, 1.165) is 22.8 Å². The summed E-state index contributed by atoms with van der Waals surface area (Å²) < 4.78 is 0.